The van der Waals surface area contributed by atoms with Gasteiger partial charge in [0.2, 0.25) is 15.9 Å². The number of sulfonamides is 1. The first-order valence-corrected chi connectivity index (χ1v) is 7.61. The molecule has 0 spiro atoms. The summed E-state index contributed by atoms with van der Waals surface area (Å²) in [6.45, 7) is 1.70. The molecule has 1 aromatic carbocycles. The quantitative estimate of drug-likeness (QED) is 0.830. The summed E-state index contributed by atoms with van der Waals surface area (Å²) in [7, 11) is -3.31. The molecule has 1 aromatic rings. The number of nitrogens with one attached hydrogen (secondary N) is 2. The van der Waals surface area contributed by atoms with Gasteiger partial charge < -0.3 is 5.32 Å². The third-order valence-electron chi connectivity index (χ3n) is 1.79. The minimum Gasteiger partial charge on any atom is -0.325 e. The number of carbonyl (C=O) groups excluding carboxylic acids is 1. The topological polar surface area (TPSA) is 75.3 Å². The van der Waals surface area contributed by atoms with Crippen LogP contribution < -0.4 is 10.0 Å². The summed E-state index contributed by atoms with van der Waals surface area (Å²) in [5.74, 6) is -0.193. The Morgan fingerprint density at radius 3 is 2.47 bits per heavy atom. The molecule has 0 heterocycles. The van der Waals surface area contributed by atoms with Gasteiger partial charge in [0.1, 0.15) is 0 Å². The SMILES string of the molecule is CC(Br)C(=O)Nc1cccc(NS(C)(=O)=O)c1. The maximum Gasteiger partial charge on any atom is 0.237 e. The number of rotatable bonds is 4. The summed E-state index contributed by atoms with van der Waals surface area (Å²) < 4.78 is 24.4. The van der Waals surface area contributed by atoms with Crippen LogP contribution in [0.4, 0.5) is 11.4 Å². The van der Waals surface area contributed by atoms with Crippen LogP contribution in [0.1, 0.15) is 6.92 Å². The number of anilines is 2. The van der Waals surface area contributed by atoms with Gasteiger partial charge in [0.25, 0.3) is 0 Å². The van der Waals surface area contributed by atoms with Crippen LogP contribution in [0.25, 0.3) is 0 Å². The van der Waals surface area contributed by atoms with Crippen molar-refractivity contribution in [2.24, 2.45) is 0 Å². The van der Waals surface area contributed by atoms with E-state index in [0.29, 0.717) is 11.4 Å². The molecule has 1 amide bonds. The Morgan fingerprint density at radius 1 is 1.35 bits per heavy atom. The molecule has 0 bridgehead atoms. The average Bonchev–Trinajstić information content (AvgIpc) is 2.15. The van der Waals surface area contributed by atoms with Gasteiger partial charge in [0.15, 0.2) is 0 Å². The maximum atomic E-state index is 11.4. The van der Waals surface area contributed by atoms with Gasteiger partial charge in [-0.3, -0.25) is 9.52 Å². The number of carbonyl (C=O) groups is 1. The van der Waals surface area contributed by atoms with E-state index in [4.69, 9.17) is 0 Å². The predicted molar refractivity (Wildman–Crippen MR) is 71.9 cm³/mol. The maximum absolute atomic E-state index is 11.4. The molecule has 2 N–H and O–H groups in total. The molecule has 1 atom stereocenters. The Kier molecular flexibility index (Phi) is 4.53. The van der Waals surface area contributed by atoms with Crippen LogP contribution in [0, 0.1) is 0 Å². The van der Waals surface area contributed by atoms with Crippen molar-refractivity contribution in [3.63, 3.8) is 0 Å². The molecule has 0 saturated carbocycles. The summed E-state index contributed by atoms with van der Waals surface area (Å²) >= 11 is 3.14. The molecule has 0 aliphatic carbocycles. The Labute approximate surface area is 109 Å². The van der Waals surface area contributed by atoms with Gasteiger partial charge >= 0.3 is 0 Å². The first-order chi connectivity index (χ1) is 7.78. The minimum atomic E-state index is -3.31. The molecule has 0 radical (unpaired) electrons. The van der Waals surface area contributed by atoms with E-state index in [1.165, 1.54) is 0 Å². The summed E-state index contributed by atoms with van der Waals surface area (Å²) in [6.07, 6.45) is 1.07. The van der Waals surface area contributed by atoms with E-state index in [2.05, 4.69) is 26.0 Å². The van der Waals surface area contributed by atoms with Gasteiger partial charge in [-0.15, -0.1) is 0 Å². The molecule has 94 valence electrons. The molecule has 0 saturated heterocycles. The fraction of sp³-hybridized carbons (Fsp3) is 0.300. The van der Waals surface area contributed by atoms with Crippen LogP contribution in [0.3, 0.4) is 0 Å². The van der Waals surface area contributed by atoms with Crippen LogP contribution in [0.15, 0.2) is 24.3 Å². The van der Waals surface area contributed by atoms with E-state index in [1.807, 2.05) is 0 Å². The summed E-state index contributed by atoms with van der Waals surface area (Å²) in [5, 5.41) is 2.65. The molecule has 0 aliphatic rings. The Bertz CT molecular complexity index is 514. The van der Waals surface area contributed by atoms with Crippen LogP contribution in [-0.4, -0.2) is 25.4 Å². The van der Waals surface area contributed by atoms with Crippen LogP contribution in [0.2, 0.25) is 0 Å². The van der Waals surface area contributed by atoms with Gasteiger partial charge in [0, 0.05) is 5.69 Å². The van der Waals surface area contributed by atoms with Crippen molar-refractivity contribution in [2.45, 2.75) is 11.8 Å². The van der Waals surface area contributed by atoms with Gasteiger partial charge in [0.05, 0.1) is 16.8 Å². The zero-order valence-electron chi connectivity index (χ0n) is 9.40. The van der Waals surface area contributed by atoms with Gasteiger partial charge in [-0.1, -0.05) is 22.0 Å². The highest BCUT2D eigenvalue weighted by Gasteiger charge is 2.09. The number of amides is 1. The molecule has 1 rings (SSSR count). The Hall–Kier alpha value is -1.08. The number of hydrogen-bond donors (Lipinski definition) is 2. The van der Waals surface area contributed by atoms with Crippen molar-refractivity contribution in [3.05, 3.63) is 24.3 Å². The van der Waals surface area contributed by atoms with Gasteiger partial charge in [-0.2, -0.15) is 0 Å². The minimum absolute atomic E-state index is 0.193. The zero-order valence-corrected chi connectivity index (χ0v) is 11.8. The smallest absolute Gasteiger partial charge is 0.237 e. The van der Waals surface area contributed by atoms with E-state index >= 15 is 0 Å². The number of halogens is 1. The molecular weight excluding hydrogens is 308 g/mol. The lowest BCUT2D eigenvalue weighted by atomic mass is 10.3. The summed E-state index contributed by atoms with van der Waals surface area (Å²) in [4.78, 5) is 11.1. The second-order valence-electron chi connectivity index (χ2n) is 3.56. The Morgan fingerprint density at radius 2 is 1.94 bits per heavy atom. The zero-order chi connectivity index (χ0) is 13.1. The lowest BCUT2D eigenvalue weighted by Gasteiger charge is -2.09. The highest BCUT2D eigenvalue weighted by Crippen LogP contribution is 2.16. The number of hydrogen-bond acceptors (Lipinski definition) is 3. The third-order valence-corrected chi connectivity index (χ3v) is 2.82. The number of alkyl halides is 1. The van der Waals surface area contributed by atoms with E-state index in [0.717, 1.165) is 6.26 Å². The fourth-order valence-electron chi connectivity index (χ4n) is 1.12. The normalized spacial score (nSPS) is 12.9. The van der Waals surface area contributed by atoms with Crippen molar-refractivity contribution in [2.75, 3.05) is 16.3 Å². The second kappa shape index (κ2) is 5.50. The molecule has 0 aliphatic heterocycles. The largest absolute Gasteiger partial charge is 0.325 e. The highest BCUT2D eigenvalue weighted by atomic mass is 79.9. The predicted octanol–water partition coefficient (Wildman–Crippen LogP) is 1.78. The number of benzene rings is 1. The first-order valence-electron chi connectivity index (χ1n) is 4.81. The van der Waals surface area contributed by atoms with Crippen molar-refractivity contribution in [1.29, 1.82) is 0 Å². The van der Waals surface area contributed by atoms with E-state index in [-0.39, 0.29) is 10.7 Å². The molecular formula is C10H13BrN2O3S. The molecule has 5 nitrogen and oxygen atoms in total. The van der Waals surface area contributed by atoms with Crippen LogP contribution in [-0.2, 0) is 14.8 Å². The first kappa shape index (κ1) is 14.0. The Balaban J connectivity index is 2.83. The molecule has 17 heavy (non-hydrogen) atoms. The lowest BCUT2D eigenvalue weighted by Crippen LogP contribution is -2.20. The summed E-state index contributed by atoms with van der Waals surface area (Å²) in [5.41, 5.74) is 0.947. The molecule has 0 aromatic heterocycles. The van der Waals surface area contributed by atoms with Gasteiger partial charge in [-0.25, -0.2) is 8.42 Å². The van der Waals surface area contributed by atoms with Crippen molar-refractivity contribution >= 4 is 43.2 Å². The molecule has 7 heteroatoms. The van der Waals surface area contributed by atoms with Crippen molar-refractivity contribution in [3.8, 4) is 0 Å². The summed E-state index contributed by atoms with van der Waals surface area (Å²) in [6, 6.07) is 6.49. The van der Waals surface area contributed by atoms with Crippen LogP contribution >= 0.6 is 15.9 Å². The van der Waals surface area contributed by atoms with Crippen molar-refractivity contribution < 1.29 is 13.2 Å². The molecule has 1 unspecified atom stereocenters. The standard InChI is InChI=1S/C10H13BrN2O3S/c1-7(11)10(14)12-8-4-3-5-9(6-8)13-17(2,15)16/h3-7,13H,1-2H3,(H,12,14). The fourth-order valence-corrected chi connectivity index (χ4v) is 1.79. The van der Waals surface area contributed by atoms with E-state index in [9.17, 15) is 13.2 Å². The third kappa shape index (κ3) is 5.18. The average molecular weight is 321 g/mol. The highest BCUT2D eigenvalue weighted by molar-refractivity contribution is 9.10. The van der Waals surface area contributed by atoms with Gasteiger partial charge in [-0.05, 0) is 25.1 Å². The lowest BCUT2D eigenvalue weighted by molar-refractivity contribution is -0.115. The monoisotopic (exact) mass is 320 g/mol. The van der Waals surface area contributed by atoms with E-state index < -0.39 is 10.0 Å². The van der Waals surface area contributed by atoms with Crippen molar-refractivity contribution in [1.82, 2.24) is 0 Å². The molecule has 0 fully saturated rings. The van der Waals surface area contributed by atoms with Crippen LogP contribution in [0.5, 0.6) is 0 Å². The second-order valence-corrected chi connectivity index (χ2v) is 6.68. The van der Waals surface area contributed by atoms with E-state index in [1.54, 1.807) is 31.2 Å².